The van der Waals surface area contributed by atoms with E-state index in [1.807, 2.05) is 13.8 Å². The zero-order valence-electron chi connectivity index (χ0n) is 8.70. The van der Waals surface area contributed by atoms with Crippen molar-refractivity contribution in [2.75, 3.05) is 0 Å². The van der Waals surface area contributed by atoms with Crippen LogP contribution in [0.4, 0.5) is 0 Å². The van der Waals surface area contributed by atoms with Gasteiger partial charge in [0.15, 0.2) is 0 Å². The number of fused-ring (bicyclic) bond motifs is 1. The van der Waals surface area contributed by atoms with Crippen LogP contribution in [-0.2, 0) is 4.74 Å². The van der Waals surface area contributed by atoms with E-state index in [2.05, 4.69) is 0 Å². The van der Waals surface area contributed by atoms with Crippen molar-refractivity contribution in [3.8, 4) is 0 Å². The highest BCUT2D eigenvalue weighted by Gasteiger charge is 2.62. The molecule has 0 aromatic carbocycles. The maximum absolute atomic E-state index is 5.62. The largest absolute Gasteiger partial charge is 0.369 e. The summed E-state index contributed by atoms with van der Waals surface area (Å²) in [4.78, 5) is 0. The Labute approximate surface area is 80.8 Å². The third kappa shape index (κ3) is 1.03. The van der Waals surface area contributed by atoms with Crippen LogP contribution in [0, 0.1) is 23.7 Å². The SMILES string of the molecule is C1C2CC1C1C(C2)CC2OC21.CC. The Hall–Kier alpha value is -0.0400. The van der Waals surface area contributed by atoms with E-state index in [-0.39, 0.29) is 0 Å². The number of ether oxygens (including phenoxy) is 1. The van der Waals surface area contributed by atoms with Gasteiger partial charge in [0.05, 0.1) is 12.2 Å². The molecule has 2 bridgehead atoms. The molecule has 1 saturated heterocycles. The summed E-state index contributed by atoms with van der Waals surface area (Å²) in [5.41, 5.74) is 0. The minimum Gasteiger partial charge on any atom is -0.369 e. The molecule has 0 aromatic heterocycles. The zero-order valence-corrected chi connectivity index (χ0v) is 8.70. The second kappa shape index (κ2) is 2.73. The van der Waals surface area contributed by atoms with Gasteiger partial charge in [-0.05, 0) is 49.4 Å². The first-order valence-corrected chi connectivity index (χ1v) is 6.07. The molecule has 13 heavy (non-hydrogen) atoms. The summed E-state index contributed by atoms with van der Waals surface area (Å²) in [6, 6.07) is 0. The monoisotopic (exact) mass is 180 g/mol. The molecule has 1 aliphatic heterocycles. The summed E-state index contributed by atoms with van der Waals surface area (Å²) in [6.45, 7) is 4.00. The molecule has 74 valence electrons. The van der Waals surface area contributed by atoms with Gasteiger partial charge < -0.3 is 4.74 Å². The zero-order chi connectivity index (χ0) is 9.00. The molecule has 4 saturated carbocycles. The molecule has 5 aliphatic rings. The molecular formula is C12H20O. The van der Waals surface area contributed by atoms with Crippen molar-refractivity contribution in [3.63, 3.8) is 0 Å². The van der Waals surface area contributed by atoms with Crippen LogP contribution in [0.25, 0.3) is 0 Å². The molecule has 4 atom stereocenters. The molecule has 0 amide bonds. The smallest absolute Gasteiger partial charge is 0.0875 e. The first-order valence-electron chi connectivity index (χ1n) is 6.07. The van der Waals surface area contributed by atoms with Crippen LogP contribution >= 0.6 is 0 Å². The van der Waals surface area contributed by atoms with Gasteiger partial charge in [-0.15, -0.1) is 0 Å². The Morgan fingerprint density at radius 3 is 2.15 bits per heavy atom. The van der Waals surface area contributed by atoms with Crippen LogP contribution in [0.2, 0.25) is 0 Å². The van der Waals surface area contributed by atoms with Gasteiger partial charge in [-0.3, -0.25) is 0 Å². The molecule has 5 fully saturated rings. The first-order chi connectivity index (χ1) is 6.42. The minimum atomic E-state index is 0.726. The van der Waals surface area contributed by atoms with E-state index >= 15 is 0 Å². The Bertz CT molecular complexity index is 207. The Kier molecular flexibility index (Phi) is 1.74. The number of hydrogen-bond donors (Lipinski definition) is 0. The van der Waals surface area contributed by atoms with E-state index in [0.717, 1.165) is 35.9 Å². The molecule has 4 aliphatic carbocycles. The number of hydrogen-bond acceptors (Lipinski definition) is 1. The molecule has 0 spiro atoms. The van der Waals surface area contributed by atoms with Gasteiger partial charge in [-0.2, -0.15) is 0 Å². The van der Waals surface area contributed by atoms with Gasteiger partial charge in [-0.25, -0.2) is 0 Å². The van der Waals surface area contributed by atoms with E-state index in [9.17, 15) is 0 Å². The second-order valence-corrected chi connectivity index (χ2v) is 5.05. The Morgan fingerprint density at radius 1 is 0.923 bits per heavy atom. The normalized spacial score (nSPS) is 59.5. The summed E-state index contributed by atoms with van der Waals surface area (Å²) in [5, 5.41) is 0. The van der Waals surface area contributed by atoms with Crippen molar-refractivity contribution in [2.45, 2.75) is 51.7 Å². The fourth-order valence-corrected chi connectivity index (χ4v) is 4.04. The predicted octanol–water partition coefficient (Wildman–Crippen LogP) is 2.85. The Morgan fingerprint density at radius 2 is 1.54 bits per heavy atom. The van der Waals surface area contributed by atoms with E-state index in [1.165, 1.54) is 6.42 Å². The average Bonchev–Trinajstić information content (AvgIpc) is 2.79. The summed E-state index contributed by atoms with van der Waals surface area (Å²) in [5.74, 6) is 4.34. The second-order valence-electron chi connectivity index (χ2n) is 5.05. The lowest BCUT2D eigenvalue weighted by molar-refractivity contribution is -0.0181. The maximum atomic E-state index is 5.62. The lowest BCUT2D eigenvalue weighted by atomic mass is 9.56. The van der Waals surface area contributed by atoms with Gasteiger partial charge in [0, 0.05) is 0 Å². The van der Waals surface area contributed by atoms with E-state index in [0.29, 0.717) is 0 Å². The van der Waals surface area contributed by atoms with Crippen LogP contribution in [0.1, 0.15) is 39.5 Å². The molecule has 1 nitrogen and oxygen atoms in total. The maximum Gasteiger partial charge on any atom is 0.0875 e. The molecule has 0 N–H and O–H groups in total. The topological polar surface area (TPSA) is 12.5 Å². The number of rotatable bonds is 0. The molecule has 5 rings (SSSR count). The summed E-state index contributed by atoms with van der Waals surface area (Å²) < 4.78 is 5.62. The van der Waals surface area contributed by atoms with Crippen molar-refractivity contribution >= 4 is 0 Å². The molecular weight excluding hydrogens is 160 g/mol. The molecule has 0 radical (unpaired) electrons. The molecule has 4 unspecified atom stereocenters. The lowest BCUT2D eigenvalue weighted by Gasteiger charge is -2.49. The van der Waals surface area contributed by atoms with Crippen molar-refractivity contribution in [1.82, 2.24) is 0 Å². The van der Waals surface area contributed by atoms with Crippen LogP contribution in [-0.4, -0.2) is 12.2 Å². The van der Waals surface area contributed by atoms with Gasteiger partial charge >= 0.3 is 0 Å². The standard InChI is InChI=1S/C10H14O.C2H6/c1-5-2-6(1)9-7(3-5)4-8-10(9)11-8;1-2/h5-10H,1-4H2;1-2H3. The van der Waals surface area contributed by atoms with Crippen LogP contribution in [0.3, 0.4) is 0 Å². The van der Waals surface area contributed by atoms with Gasteiger partial charge in [0.2, 0.25) is 0 Å². The lowest BCUT2D eigenvalue weighted by Crippen LogP contribution is -2.42. The van der Waals surface area contributed by atoms with Crippen LogP contribution in [0.15, 0.2) is 0 Å². The quantitative estimate of drug-likeness (QED) is 0.522. The van der Waals surface area contributed by atoms with Gasteiger partial charge in [0.1, 0.15) is 0 Å². The highest BCUT2D eigenvalue weighted by atomic mass is 16.6. The fraction of sp³-hybridized carbons (Fsp3) is 1.00. The third-order valence-electron chi connectivity index (χ3n) is 4.53. The van der Waals surface area contributed by atoms with Gasteiger partial charge in [-0.1, -0.05) is 13.8 Å². The average molecular weight is 180 g/mol. The van der Waals surface area contributed by atoms with Crippen molar-refractivity contribution in [1.29, 1.82) is 0 Å². The summed E-state index contributed by atoms with van der Waals surface area (Å²) in [7, 11) is 0. The number of epoxide rings is 1. The van der Waals surface area contributed by atoms with Gasteiger partial charge in [0.25, 0.3) is 0 Å². The highest BCUT2D eigenvalue weighted by molar-refractivity contribution is 5.10. The summed E-state index contributed by atoms with van der Waals surface area (Å²) in [6.07, 6.45) is 7.54. The minimum absolute atomic E-state index is 0.726. The van der Waals surface area contributed by atoms with E-state index in [4.69, 9.17) is 4.74 Å². The molecule has 0 aromatic rings. The fourth-order valence-electron chi connectivity index (χ4n) is 4.04. The third-order valence-corrected chi connectivity index (χ3v) is 4.53. The predicted molar refractivity (Wildman–Crippen MR) is 52.4 cm³/mol. The van der Waals surface area contributed by atoms with Crippen LogP contribution < -0.4 is 0 Å². The van der Waals surface area contributed by atoms with Crippen molar-refractivity contribution < 1.29 is 4.74 Å². The van der Waals surface area contributed by atoms with Crippen molar-refractivity contribution in [2.24, 2.45) is 23.7 Å². The van der Waals surface area contributed by atoms with Crippen LogP contribution in [0.5, 0.6) is 0 Å². The molecule has 1 heteroatoms. The molecule has 1 heterocycles. The Balaban J connectivity index is 0.000000266. The first kappa shape index (κ1) is 8.28. The highest BCUT2D eigenvalue weighted by Crippen LogP contribution is 2.62. The van der Waals surface area contributed by atoms with E-state index < -0.39 is 0 Å². The van der Waals surface area contributed by atoms with E-state index in [1.54, 1.807) is 19.3 Å². The summed E-state index contributed by atoms with van der Waals surface area (Å²) >= 11 is 0. The van der Waals surface area contributed by atoms with Crippen molar-refractivity contribution in [3.05, 3.63) is 0 Å².